The number of benzene rings is 2. The van der Waals surface area contributed by atoms with Crippen LogP contribution in [0.3, 0.4) is 0 Å². The van der Waals surface area contributed by atoms with E-state index in [2.05, 4.69) is 27.4 Å². The number of rotatable bonds is 10. The van der Waals surface area contributed by atoms with Gasteiger partial charge in [-0.25, -0.2) is 10.4 Å². The summed E-state index contributed by atoms with van der Waals surface area (Å²) in [6.45, 7) is 2.82. The summed E-state index contributed by atoms with van der Waals surface area (Å²) in [6, 6.07) is 16.5. The molecule has 2 N–H and O–H groups in total. The van der Waals surface area contributed by atoms with E-state index in [1.54, 1.807) is 13.3 Å². The third-order valence-corrected chi connectivity index (χ3v) is 4.39. The highest BCUT2D eigenvalue weighted by atomic mass is 16.5. The summed E-state index contributed by atoms with van der Waals surface area (Å²) in [5.41, 5.74) is 4.77. The van der Waals surface area contributed by atoms with Crippen LogP contribution in [0, 0.1) is 0 Å². The van der Waals surface area contributed by atoms with Crippen molar-refractivity contribution in [2.24, 2.45) is 5.10 Å². The lowest BCUT2D eigenvalue weighted by molar-refractivity contribution is 0.286. The smallest absolute Gasteiger partial charge is 0.252 e. The monoisotopic (exact) mass is 406 g/mol. The van der Waals surface area contributed by atoms with Gasteiger partial charge < -0.3 is 9.47 Å². The summed E-state index contributed by atoms with van der Waals surface area (Å²) < 4.78 is 11.2. The van der Waals surface area contributed by atoms with Crippen molar-refractivity contribution >= 4 is 12.2 Å². The molecule has 0 bridgehead atoms. The molecule has 0 radical (unpaired) electrons. The quantitative estimate of drug-likeness (QED) is 0.295. The zero-order valence-electron chi connectivity index (χ0n) is 17.2. The maximum absolute atomic E-state index is 11.9. The number of H-pyrrole nitrogens is 1. The van der Waals surface area contributed by atoms with Gasteiger partial charge >= 0.3 is 0 Å². The zero-order valence-corrected chi connectivity index (χ0v) is 17.2. The van der Waals surface area contributed by atoms with Crippen LogP contribution in [0.4, 0.5) is 5.95 Å². The number of ether oxygens (including phenoxy) is 2. The largest absolute Gasteiger partial charge is 0.493 e. The Kier molecular flexibility index (Phi) is 7.60. The summed E-state index contributed by atoms with van der Waals surface area (Å²) in [6.07, 6.45) is 4.93. The first kappa shape index (κ1) is 21.1. The molecule has 0 aliphatic heterocycles. The number of aromatic nitrogens is 2. The Balaban J connectivity index is 1.68. The van der Waals surface area contributed by atoms with Crippen LogP contribution in [-0.4, -0.2) is 29.9 Å². The maximum Gasteiger partial charge on any atom is 0.252 e. The van der Waals surface area contributed by atoms with Gasteiger partial charge in [-0.3, -0.25) is 9.78 Å². The number of nitrogens with zero attached hydrogens (tertiary/aromatic N) is 2. The predicted octanol–water partition coefficient (Wildman–Crippen LogP) is 4.46. The molecule has 0 aliphatic carbocycles. The fourth-order valence-electron chi connectivity index (χ4n) is 2.85. The van der Waals surface area contributed by atoms with Gasteiger partial charge in [0.25, 0.3) is 5.56 Å². The number of aromatic amines is 1. The lowest BCUT2D eigenvalue weighted by atomic mass is 10.1. The molecule has 0 spiro atoms. The molecule has 3 rings (SSSR count). The van der Waals surface area contributed by atoms with Gasteiger partial charge in [0, 0.05) is 11.6 Å². The highest BCUT2D eigenvalue weighted by Gasteiger charge is 2.06. The number of hydrogen-bond acceptors (Lipinski definition) is 6. The molecular formula is C23H26N4O3. The Morgan fingerprint density at radius 2 is 1.93 bits per heavy atom. The molecule has 0 aliphatic rings. The maximum atomic E-state index is 11.9. The molecule has 2 aromatic carbocycles. The third kappa shape index (κ3) is 5.94. The molecule has 1 heterocycles. The molecule has 0 amide bonds. The summed E-state index contributed by atoms with van der Waals surface area (Å²) in [5.74, 6) is 1.62. The van der Waals surface area contributed by atoms with Crippen molar-refractivity contribution in [2.75, 3.05) is 19.1 Å². The van der Waals surface area contributed by atoms with Gasteiger partial charge in [-0.05, 0) is 30.2 Å². The number of nitrogens with one attached hydrogen (secondary N) is 2. The van der Waals surface area contributed by atoms with Crippen LogP contribution in [0.1, 0.15) is 31.7 Å². The first-order valence-electron chi connectivity index (χ1n) is 9.96. The summed E-state index contributed by atoms with van der Waals surface area (Å²) >= 11 is 0. The Hall–Kier alpha value is -3.61. The lowest BCUT2D eigenvalue weighted by Crippen LogP contribution is -2.10. The molecule has 3 aromatic rings. The molecule has 7 heteroatoms. The van der Waals surface area contributed by atoms with Crippen molar-refractivity contribution in [3.63, 3.8) is 0 Å². The molecular weight excluding hydrogens is 380 g/mol. The first-order chi connectivity index (χ1) is 14.7. The number of methoxy groups -OCH3 is 1. The predicted molar refractivity (Wildman–Crippen MR) is 120 cm³/mol. The fraction of sp³-hybridized carbons (Fsp3) is 0.261. The molecule has 0 unspecified atom stereocenters. The van der Waals surface area contributed by atoms with Crippen LogP contribution in [0.2, 0.25) is 0 Å². The number of hydrogen-bond donors (Lipinski definition) is 2. The van der Waals surface area contributed by atoms with Crippen molar-refractivity contribution in [1.29, 1.82) is 0 Å². The van der Waals surface area contributed by atoms with E-state index in [4.69, 9.17) is 9.47 Å². The van der Waals surface area contributed by atoms with Gasteiger partial charge in [-0.1, -0.05) is 50.1 Å². The second-order valence-corrected chi connectivity index (χ2v) is 6.68. The minimum atomic E-state index is -0.257. The van der Waals surface area contributed by atoms with E-state index < -0.39 is 0 Å². The number of anilines is 1. The van der Waals surface area contributed by atoms with Crippen molar-refractivity contribution in [3.05, 3.63) is 70.5 Å². The van der Waals surface area contributed by atoms with E-state index in [0.29, 0.717) is 23.8 Å². The van der Waals surface area contributed by atoms with E-state index in [1.807, 2.05) is 48.5 Å². The average molecular weight is 406 g/mol. The van der Waals surface area contributed by atoms with Gasteiger partial charge in [0.15, 0.2) is 11.5 Å². The number of unbranched alkanes of at least 4 members (excludes halogenated alkanes) is 2. The molecule has 156 valence electrons. The van der Waals surface area contributed by atoms with Gasteiger partial charge in [-0.2, -0.15) is 5.10 Å². The van der Waals surface area contributed by atoms with Crippen molar-refractivity contribution in [2.45, 2.75) is 26.2 Å². The first-order valence-corrected chi connectivity index (χ1v) is 9.96. The Morgan fingerprint density at radius 1 is 1.10 bits per heavy atom. The van der Waals surface area contributed by atoms with Gasteiger partial charge in [0.2, 0.25) is 5.95 Å². The van der Waals surface area contributed by atoms with Crippen LogP contribution in [0.15, 0.2) is 64.5 Å². The SMILES string of the molecule is CCCCCOc1ccc(/C=N\Nc2nc(-c3ccccc3)cc(=O)[nH]2)cc1OC. The Labute approximate surface area is 175 Å². The molecule has 1 aromatic heterocycles. The molecule has 30 heavy (non-hydrogen) atoms. The molecule has 0 saturated heterocycles. The minimum absolute atomic E-state index is 0.257. The second-order valence-electron chi connectivity index (χ2n) is 6.68. The summed E-state index contributed by atoms with van der Waals surface area (Å²) in [5, 5.41) is 4.18. The average Bonchev–Trinajstić information content (AvgIpc) is 2.77. The van der Waals surface area contributed by atoms with Crippen molar-refractivity contribution in [3.8, 4) is 22.8 Å². The standard InChI is InChI=1S/C23H26N4O3/c1-3-4-8-13-30-20-12-11-17(14-21(20)29-2)16-24-27-23-25-19(15-22(28)26-23)18-9-6-5-7-10-18/h5-7,9-12,14-16H,3-4,8,13H2,1-2H3,(H2,25,26,27,28)/b24-16-. The van der Waals surface area contributed by atoms with Gasteiger partial charge in [0.1, 0.15) is 0 Å². The fourth-order valence-corrected chi connectivity index (χ4v) is 2.85. The minimum Gasteiger partial charge on any atom is -0.493 e. The van der Waals surface area contributed by atoms with Crippen LogP contribution >= 0.6 is 0 Å². The Bertz CT molecular complexity index is 1030. The topological polar surface area (TPSA) is 88.6 Å². The van der Waals surface area contributed by atoms with E-state index in [0.717, 1.165) is 30.4 Å². The highest BCUT2D eigenvalue weighted by Crippen LogP contribution is 2.27. The van der Waals surface area contributed by atoms with Crippen molar-refractivity contribution < 1.29 is 9.47 Å². The van der Waals surface area contributed by atoms with E-state index >= 15 is 0 Å². The van der Waals surface area contributed by atoms with Crippen LogP contribution in [0.5, 0.6) is 11.5 Å². The molecule has 7 nitrogen and oxygen atoms in total. The van der Waals surface area contributed by atoms with Crippen LogP contribution in [0.25, 0.3) is 11.3 Å². The van der Waals surface area contributed by atoms with Crippen molar-refractivity contribution in [1.82, 2.24) is 9.97 Å². The Morgan fingerprint density at radius 3 is 2.70 bits per heavy atom. The summed E-state index contributed by atoms with van der Waals surface area (Å²) in [4.78, 5) is 19.0. The third-order valence-electron chi connectivity index (χ3n) is 4.39. The van der Waals surface area contributed by atoms with Crippen LogP contribution in [-0.2, 0) is 0 Å². The molecule has 0 saturated carbocycles. The normalized spacial score (nSPS) is 10.9. The zero-order chi connectivity index (χ0) is 21.2. The van der Waals surface area contributed by atoms with E-state index in [9.17, 15) is 4.79 Å². The van der Waals surface area contributed by atoms with Crippen LogP contribution < -0.4 is 20.5 Å². The molecule has 0 fully saturated rings. The highest BCUT2D eigenvalue weighted by molar-refractivity contribution is 5.81. The van der Waals surface area contributed by atoms with E-state index in [1.165, 1.54) is 6.07 Å². The van der Waals surface area contributed by atoms with E-state index in [-0.39, 0.29) is 11.5 Å². The second kappa shape index (κ2) is 10.8. The molecule has 0 atom stereocenters. The number of hydrazone groups is 1. The van der Waals surface area contributed by atoms with Gasteiger partial charge in [-0.15, -0.1) is 0 Å². The lowest BCUT2D eigenvalue weighted by Gasteiger charge is -2.11. The van der Waals surface area contributed by atoms with Gasteiger partial charge in [0.05, 0.1) is 25.6 Å². The summed E-state index contributed by atoms with van der Waals surface area (Å²) in [7, 11) is 1.61.